The molecule has 0 radical (unpaired) electrons. The van der Waals surface area contributed by atoms with E-state index in [1.54, 1.807) is 11.3 Å². The third-order valence-electron chi connectivity index (χ3n) is 3.55. The number of amides is 1. The number of hydrogen-bond donors (Lipinski definition) is 1. The molecule has 1 amide bonds. The van der Waals surface area contributed by atoms with Crippen LogP contribution in [0.4, 0.5) is 0 Å². The number of hydrogen-bond acceptors (Lipinski definition) is 3. The Morgan fingerprint density at radius 2 is 1.90 bits per heavy atom. The van der Waals surface area contributed by atoms with Gasteiger partial charge in [-0.3, -0.25) is 4.79 Å². The molecule has 3 nitrogen and oxygen atoms in total. The van der Waals surface area contributed by atoms with Gasteiger partial charge in [0, 0.05) is 16.3 Å². The van der Waals surface area contributed by atoms with Crippen molar-refractivity contribution in [1.82, 2.24) is 10.2 Å². The average Bonchev–Trinajstić information content (AvgIpc) is 2.78. The van der Waals surface area contributed by atoms with Gasteiger partial charge in [0.15, 0.2) is 0 Å². The third-order valence-corrected chi connectivity index (χ3v) is 4.52. The van der Waals surface area contributed by atoms with Gasteiger partial charge in [-0.1, -0.05) is 30.3 Å². The number of carbonyl (C=O) groups is 1. The highest BCUT2D eigenvalue weighted by atomic mass is 32.1. The van der Waals surface area contributed by atoms with Crippen molar-refractivity contribution >= 4 is 17.2 Å². The molecule has 1 heterocycles. The first-order chi connectivity index (χ1) is 9.99. The average molecular weight is 302 g/mol. The quantitative estimate of drug-likeness (QED) is 0.918. The van der Waals surface area contributed by atoms with Gasteiger partial charge in [-0.2, -0.15) is 0 Å². The predicted molar refractivity (Wildman–Crippen MR) is 89.0 cm³/mol. The van der Waals surface area contributed by atoms with E-state index in [0.717, 1.165) is 10.4 Å². The van der Waals surface area contributed by atoms with Gasteiger partial charge >= 0.3 is 0 Å². The Bertz CT molecular complexity index is 605. The first kappa shape index (κ1) is 15.7. The van der Waals surface area contributed by atoms with Crippen LogP contribution in [0, 0.1) is 13.8 Å². The summed E-state index contributed by atoms with van der Waals surface area (Å²) in [6, 6.07) is 12.4. The topological polar surface area (TPSA) is 32.3 Å². The molecular formula is C17H22N2OS. The van der Waals surface area contributed by atoms with Crippen molar-refractivity contribution in [3.63, 3.8) is 0 Å². The second-order valence-electron chi connectivity index (χ2n) is 5.43. The van der Waals surface area contributed by atoms with Crippen molar-refractivity contribution < 1.29 is 4.79 Å². The number of nitrogens with one attached hydrogen (secondary N) is 1. The van der Waals surface area contributed by atoms with Gasteiger partial charge < -0.3 is 10.2 Å². The Labute approximate surface area is 130 Å². The monoisotopic (exact) mass is 302 g/mol. The summed E-state index contributed by atoms with van der Waals surface area (Å²) in [6.07, 6.45) is 0. The molecule has 1 unspecified atom stereocenters. The number of thiophene rings is 1. The summed E-state index contributed by atoms with van der Waals surface area (Å²) in [5.41, 5.74) is 2.00. The van der Waals surface area contributed by atoms with E-state index < -0.39 is 0 Å². The molecule has 2 rings (SSSR count). The van der Waals surface area contributed by atoms with Gasteiger partial charge in [-0.25, -0.2) is 0 Å². The van der Waals surface area contributed by atoms with E-state index >= 15 is 0 Å². The Hall–Kier alpha value is -1.65. The molecule has 21 heavy (non-hydrogen) atoms. The number of likely N-dealkylation sites (N-methyl/N-ethyl adjacent to an activating group) is 1. The van der Waals surface area contributed by atoms with Crippen LogP contribution in [-0.2, 0) is 0 Å². The van der Waals surface area contributed by atoms with E-state index in [2.05, 4.69) is 22.3 Å². The molecule has 1 atom stereocenters. The fourth-order valence-electron chi connectivity index (χ4n) is 2.41. The van der Waals surface area contributed by atoms with Gasteiger partial charge in [0.25, 0.3) is 5.91 Å². The molecule has 112 valence electrons. The maximum absolute atomic E-state index is 12.3. The van der Waals surface area contributed by atoms with Crippen LogP contribution < -0.4 is 5.32 Å². The van der Waals surface area contributed by atoms with E-state index in [1.165, 1.54) is 10.4 Å². The highest BCUT2D eigenvalue weighted by Crippen LogP contribution is 2.21. The fourth-order valence-corrected chi connectivity index (χ4v) is 3.34. The molecule has 0 bridgehead atoms. The molecule has 0 aliphatic heterocycles. The first-order valence-corrected chi connectivity index (χ1v) is 7.87. The van der Waals surface area contributed by atoms with Crippen LogP contribution in [0.2, 0.25) is 0 Å². The van der Waals surface area contributed by atoms with Crippen LogP contribution >= 0.6 is 11.3 Å². The number of carbonyl (C=O) groups excluding carboxylic acids is 1. The Morgan fingerprint density at radius 1 is 1.24 bits per heavy atom. The molecule has 2 aromatic rings. The normalized spacial score (nSPS) is 12.4. The summed E-state index contributed by atoms with van der Waals surface area (Å²) < 4.78 is 0. The first-order valence-electron chi connectivity index (χ1n) is 7.05. The molecule has 0 saturated carbocycles. The summed E-state index contributed by atoms with van der Waals surface area (Å²) in [6.45, 7) is 4.62. The molecule has 1 N–H and O–H groups in total. The number of nitrogens with zero attached hydrogens (tertiary/aromatic N) is 1. The zero-order valence-corrected chi connectivity index (χ0v) is 13.8. The van der Waals surface area contributed by atoms with Crippen LogP contribution in [-0.4, -0.2) is 31.4 Å². The highest BCUT2D eigenvalue weighted by Gasteiger charge is 2.17. The van der Waals surface area contributed by atoms with Crippen molar-refractivity contribution in [2.75, 3.05) is 20.6 Å². The van der Waals surface area contributed by atoms with Gasteiger partial charge in [0.2, 0.25) is 0 Å². The maximum atomic E-state index is 12.3. The number of rotatable bonds is 5. The fraction of sp³-hybridized carbons (Fsp3) is 0.353. The van der Waals surface area contributed by atoms with E-state index in [0.29, 0.717) is 6.54 Å². The molecule has 0 spiro atoms. The molecule has 0 aliphatic rings. The van der Waals surface area contributed by atoms with Crippen LogP contribution in [0.1, 0.15) is 31.7 Å². The molecule has 0 aliphatic carbocycles. The van der Waals surface area contributed by atoms with Crippen molar-refractivity contribution in [3.8, 4) is 0 Å². The zero-order chi connectivity index (χ0) is 15.4. The summed E-state index contributed by atoms with van der Waals surface area (Å²) >= 11 is 1.66. The smallest absolute Gasteiger partial charge is 0.252 e. The molecule has 0 fully saturated rings. The lowest BCUT2D eigenvalue weighted by molar-refractivity contribution is 0.0942. The molecular weight excluding hydrogens is 280 g/mol. The van der Waals surface area contributed by atoms with Gasteiger partial charge in [-0.05, 0) is 39.6 Å². The van der Waals surface area contributed by atoms with Crippen molar-refractivity contribution in [1.29, 1.82) is 0 Å². The zero-order valence-electron chi connectivity index (χ0n) is 13.0. The second kappa shape index (κ2) is 6.87. The van der Waals surface area contributed by atoms with Crippen LogP contribution in [0.5, 0.6) is 0 Å². The third kappa shape index (κ3) is 3.93. The van der Waals surface area contributed by atoms with E-state index in [1.807, 2.05) is 52.2 Å². The predicted octanol–water partition coefficient (Wildman–Crippen LogP) is 3.40. The van der Waals surface area contributed by atoms with Crippen LogP contribution in [0.3, 0.4) is 0 Å². The standard InChI is InChI=1S/C17H22N2OS/c1-12-10-15(13(2)21-12)17(20)18-11-16(19(3)4)14-8-6-5-7-9-14/h5-10,16H,11H2,1-4H3,(H,18,20). The SMILES string of the molecule is Cc1cc(C(=O)NCC(c2ccccc2)N(C)C)c(C)s1. The van der Waals surface area contributed by atoms with Crippen molar-refractivity contribution in [2.24, 2.45) is 0 Å². The Balaban J connectivity index is 2.06. The van der Waals surface area contributed by atoms with E-state index in [4.69, 9.17) is 0 Å². The lowest BCUT2D eigenvalue weighted by Crippen LogP contribution is -2.34. The Morgan fingerprint density at radius 3 is 2.43 bits per heavy atom. The number of aryl methyl sites for hydroxylation is 2. The largest absolute Gasteiger partial charge is 0.350 e. The van der Waals surface area contributed by atoms with Crippen molar-refractivity contribution in [2.45, 2.75) is 19.9 Å². The summed E-state index contributed by atoms with van der Waals surface area (Å²) in [5, 5.41) is 3.06. The lowest BCUT2D eigenvalue weighted by atomic mass is 10.1. The van der Waals surface area contributed by atoms with E-state index in [9.17, 15) is 4.79 Å². The lowest BCUT2D eigenvalue weighted by Gasteiger charge is -2.25. The summed E-state index contributed by atoms with van der Waals surface area (Å²) in [7, 11) is 4.06. The summed E-state index contributed by atoms with van der Waals surface area (Å²) in [5.74, 6) is 0.0135. The van der Waals surface area contributed by atoms with Crippen LogP contribution in [0.15, 0.2) is 36.4 Å². The minimum atomic E-state index is 0.0135. The molecule has 1 aromatic carbocycles. The van der Waals surface area contributed by atoms with Gasteiger partial charge in [-0.15, -0.1) is 11.3 Å². The minimum Gasteiger partial charge on any atom is -0.350 e. The molecule has 4 heteroatoms. The molecule has 0 saturated heterocycles. The Kier molecular flexibility index (Phi) is 5.15. The number of benzene rings is 1. The van der Waals surface area contributed by atoms with Gasteiger partial charge in [0.1, 0.15) is 0 Å². The molecule has 1 aromatic heterocycles. The second-order valence-corrected chi connectivity index (χ2v) is 6.89. The van der Waals surface area contributed by atoms with E-state index in [-0.39, 0.29) is 11.9 Å². The maximum Gasteiger partial charge on any atom is 0.252 e. The van der Waals surface area contributed by atoms with Gasteiger partial charge in [0.05, 0.1) is 11.6 Å². The summed E-state index contributed by atoms with van der Waals surface area (Å²) in [4.78, 5) is 16.7. The van der Waals surface area contributed by atoms with Crippen LogP contribution in [0.25, 0.3) is 0 Å². The van der Waals surface area contributed by atoms with Crippen molar-refractivity contribution in [3.05, 3.63) is 57.3 Å². The highest BCUT2D eigenvalue weighted by molar-refractivity contribution is 7.12. The minimum absolute atomic E-state index is 0.0135.